The molecule has 0 aliphatic heterocycles. The molecule has 0 atom stereocenters. The number of esters is 1. The summed E-state index contributed by atoms with van der Waals surface area (Å²) in [6, 6.07) is 0. The maximum Gasteiger partial charge on any atom is 0.305 e. The molecule has 28 heavy (non-hydrogen) atoms. The van der Waals surface area contributed by atoms with Crippen molar-refractivity contribution in [3.8, 4) is 0 Å². The van der Waals surface area contributed by atoms with E-state index in [0.717, 1.165) is 38.5 Å². The third kappa shape index (κ3) is 14.8. The lowest BCUT2D eigenvalue weighted by molar-refractivity contribution is -0.151. The van der Waals surface area contributed by atoms with Crippen LogP contribution in [-0.2, 0) is 9.53 Å². The van der Waals surface area contributed by atoms with Gasteiger partial charge in [0.25, 0.3) is 0 Å². The second-order valence-corrected chi connectivity index (χ2v) is 7.62. The summed E-state index contributed by atoms with van der Waals surface area (Å²) in [5.74, 6) is -0.342. The van der Waals surface area contributed by atoms with Crippen LogP contribution in [0.25, 0.3) is 0 Å². The van der Waals surface area contributed by atoms with Gasteiger partial charge in [0.05, 0.1) is 25.2 Å². The van der Waals surface area contributed by atoms with E-state index in [1.54, 1.807) is 0 Å². The van der Waals surface area contributed by atoms with Crippen LogP contribution in [0.3, 0.4) is 0 Å². The number of unbranched alkanes of at least 4 members (excludes halogenated alkanes) is 8. The molecule has 0 aromatic heterocycles. The minimum Gasteiger partial charge on any atom is -0.465 e. The summed E-state index contributed by atoms with van der Waals surface area (Å²) >= 11 is 0. The standard InChI is InChI=1S/C23H42O5/c1-2-3-4-5-6-7-8-9-10-11-12-13-14-15-16-17-22(27)28-21-23(18-24,19-25)20-26/h6-7,9-10,24-26H,2-5,8,11-21H2,1H3/b7-6+,10-9+. The zero-order chi connectivity index (χ0) is 20.9. The largest absolute Gasteiger partial charge is 0.465 e. The van der Waals surface area contributed by atoms with E-state index in [9.17, 15) is 20.1 Å². The highest BCUT2D eigenvalue weighted by molar-refractivity contribution is 5.69. The van der Waals surface area contributed by atoms with Gasteiger partial charge < -0.3 is 20.1 Å². The molecule has 0 saturated carbocycles. The van der Waals surface area contributed by atoms with E-state index < -0.39 is 25.2 Å². The smallest absolute Gasteiger partial charge is 0.305 e. The van der Waals surface area contributed by atoms with Crippen molar-refractivity contribution in [3.63, 3.8) is 0 Å². The Morgan fingerprint density at radius 3 is 1.89 bits per heavy atom. The average Bonchev–Trinajstić information content (AvgIpc) is 2.72. The van der Waals surface area contributed by atoms with E-state index in [-0.39, 0.29) is 12.6 Å². The Morgan fingerprint density at radius 1 is 0.786 bits per heavy atom. The third-order valence-electron chi connectivity index (χ3n) is 4.88. The summed E-state index contributed by atoms with van der Waals surface area (Å²) < 4.78 is 5.07. The van der Waals surface area contributed by atoms with Gasteiger partial charge in [-0.1, -0.05) is 63.3 Å². The monoisotopic (exact) mass is 398 g/mol. The molecule has 0 aromatic carbocycles. The number of hydrogen-bond donors (Lipinski definition) is 3. The molecule has 0 aliphatic carbocycles. The van der Waals surface area contributed by atoms with Crippen molar-refractivity contribution in [2.75, 3.05) is 26.4 Å². The highest BCUT2D eigenvalue weighted by Gasteiger charge is 2.29. The first-order chi connectivity index (χ1) is 13.6. The van der Waals surface area contributed by atoms with Crippen molar-refractivity contribution < 1.29 is 24.9 Å². The van der Waals surface area contributed by atoms with Crippen LogP contribution >= 0.6 is 0 Å². The number of rotatable bonds is 19. The van der Waals surface area contributed by atoms with Crippen LogP contribution in [0, 0.1) is 5.41 Å². The predicted molar refractivity (Wildman–Crippen MR) is 114 cm³/mol. The van der Waals surface area contributed by atoms with Crippen molar-refractivity contribution >= 4 is 5.97 Å². The number of aliphatic hydroxyl groups excluding tert-OH is 3. The molecule has 0 radical (unpaired) electrons. The van der Waals surface area contributed by atoms with Crippen LogP contribution in [0.15, 0.2) is 24.3 Å². The van der Waals surface area contributed by atoms with Gasteiger partial charge in [-0.2, -0.15) is 0 Å². The van der Waals surface area contributed by atoms with Crippen molar-refractivity contribution in [1.29, 1.82) is 0 Å². The van der Waals surface area contributed by atoms with E-state index >= 15 is 0 Å². The predicted octanol–water partition coefficient (Wildman–Crippen LogP) is 4.31. The highest BCUT2D eigenvalue weighted by Crippen LogP contribution is 2.16. The minimum absolute atomic E-state index is 0.157. The van der Waals surface area contributed by atoms with Crippen LogP contribution in [0.5, 0.6) is 0 Å². The number of carbonyl (C=O) groups excluding carboxylic acids is 1. The number of hydrogen-bond acceptors (Lipinski definition) is 5. The highest BCUT2D eigenvalue weighted by atomic mass is 16.5. The van der Waals surface area contributed by atoms with Crippen molar-refractivity contribution in [2.45, 2.75) is 84.0 Å². The molecule has 5 nitrogen and oxygen atoms in total. The number of ether oxygens (including phenoxy) is 1. The molecule has 0 amide bonds. The fraction of sp³-hybridized carbons (Fsp3) is 0.783. The Bertz CT molecular complexity index is 405. The lowest BCUT2D eigenvalue weighted by Crippen LogP contribution is -2.39. The Balaban J connectivity index is 3.52. The minimum atomic E-state index is -1.14. The van der Waals surface area contributed by atoms with Gasteiger partial charge in [0.1, 0.15) is 6.61 Å². The Morgan fingerprint density at radius 2 is 1.32 bits per heavy atom. The summed E-state index contributed by atoms with van der Waals surface area (Å²) in [5, 5.41) is 27.6. The van der Waals surface area contributed by atoms with E-state index in [4.69, 9.17) is 4.74 Å². The summed E-state index contributed by atoms with van der Waals surface area (Å²) in [4.78, 5) is 11.7. The summed E-state index contributed by atoms with van der Waals surface area (Å²) in [5.41, 5.74) is -1.14. The van der Waals surface area contributed by atoms with Gasteiger partial charge in [0, 0.05) is 6.42 Å². The molecular formula is C23H42O5. The number of aliphatic hydroxyl groups is 3. The van der Waals surface area contributed by atoms with E-state index in [1.807, 2.05) is 0 Å². The van der Waals surface area contributed by atoms with Crippen molar-refractivity contribution in [2.24, 2.45) is 5.41 Å². The number of allylic oxidation sites excluding steroid dienone is 4. The van der Waals surface area contributed by atoms with Gasteiger partial charge in [-0.05, 0) is 38.5 Å². The molecule has 3 N–H and O–H groups in total. The normalized spacial score (nSPS) is 12.3. The molecule has 5 heteroatoms. The quantitative estimate of drug-likeness (QED) is 0.171. The maximum absolute atomic E-state index is 11.7. The third-order valence-corrected chi connectivity index (χ3v) is 4.88. The Kier molecular flexibility index (Phi) is 18.4. The summed E-state index contributed by atoms with van der Waals surface area (Å²) in [7, 11) is 0. The first-order valence-electron chi connectivity index (χ1n) is 10.9. The first-order valence-corrected chi connectivity index (χ1v) is 10.9. The second kappa shape index (κ2) is 19.2. The van der Waals surface area contributed by atoms with Gasteiger partial charge in [0.2, 0.25) is 0 Å². The molecule has 0 spiro atoms. The SMILES string of the molecule is CCCCC/C=C/C/C=C/CCCCCCCC(=O)OCC(CO)(CO)CO. The van der Waals surface area contributed by atoms with E-state index in [1.165, 1.54) is 32.1 Å². The number of carbonyl (C=O) groups is 1. The Labute approximate surface area is 171 Å². The second-order valence-electron chi connectivity index (χ2n) is 7.62. The topological polar surface area (TPSA) is 87.0 Å². The van der Waals surface area contributed by atoms with Gasteiger partial charge in [-0.15, -0.1) is 0 Å². The molecule has 0 unspecified atom stereocenters. The summed E-state index contributed by atoms with van der Waals surface area (Å²) in [6.45, 7) is 0.809. The maximum atomic E-state index is 11.7. The molecule has 0 heterocycles. The zero-order valence-corrected chi connectivity index (χ0v) is 17.8. The first kappa shape index (κ1) is 26.8. The molecule has 0 rings (SSSR count). The zero-order valence-electron chi connectivity index (χ0n) is 17.8. The van der Waals surface area contributed by atoms with Crippen LogP contribution in [0.1, 0.15) is 84.0 Å². The van der Waals surface area contributed by atoms with E-state index in [2.05, 4.69) is 31.2 Å². The molecule has 0 bridgehead atoms. The van der Waals surface area contributed by atoms with Crippen molar-refractivity contribution in [3.05, 3.63) is 24.3 Å². The average molecular weight is 399 g/mol. The fourth-order valence-electron chi connectivity index (χ4n) is 2.67. The van der Waals surface area contributed by atoms with Crippen LogP contribution in [0.4, 0.5) is 0 Å². The van der Waals surface area contributed by atoms with Crippen molar-refractivity contribution in [1.82, 2.24) is 0 Å². The molecule has 164 valence electrons. The molecule has 0 saturated heterocycles. The van der Waals surface area contributed by atoms with Crippen LogP contribution < -0.4 is 0 Å². The molecule has 0 aromatic rings. The van der Waals surface area contributed by atoms with Gasteiger partial charge >= 0.3 is 5.97 Å². The van der Waals surface area contributed by atoms with Gasteiger partial charge in [-0.25, -0.2) is 0 Å². The lowest BCUT2D eigenvalue weighted by Gasteiger charge is -2.26. The van der Waals surface area contributed by atoms with Gasteiger partial charge in [0.15, 0.2) is 0 Å². The van der Waals surface area contributed by atoms with Crippen LogP contribution in [-0.4, -0.2) is 47.7 Å². The Hall–Kier alpha value is -1.17. The van der Waals surface area contributed by atoms with E-state index in [0.29, 0.717) is 6.42 Å². The lowest BCUT2D eigenvalue weighted by atomic mass is 9.93. The molecular weight excluding hydrogens is 356 g/mol. The van der Waals surface area contributed by atoms with Crippen LogP contribution in [0.2, 0.25) is 0 Å². The molecule has 0 aliphatic rings. The fourth-order valence-corrected chi connectivity index (χ4v) is 2.67. The van der Waals surface area contributed by atoms with Gasteiger partial charge in [-0.3, -0.25) is 4.79 Å². The molecule has 0 fully saturated rings. The summed E-state index contributed by atoms with van der Waals surface area (Å²) in [6.07, 6.45) is 21.8.